The van der Waals surface area contributed by atoms with Crippen molar-refractivity contribution in [2.24, 2.45) is 5.92 Å². The molecular weight excluding hydrogens is 244 g/mol. The van der Waals surface area contributed by atoms with Gasteiger partial charge in [0.05, 0.1) is 5.69 Å². The van der Waals surface area contributed by atoms with Crippen LogP contribution in [0, 0.1) is 12.8 Å². The molecule has 0 bridgehead atoms. The van der Waals surface area contributed by atoms with Gasteiger partial charge < -0.3 is 5.32 Å². The van der Waals surface area contributed by atoms with Gasteiger partial charge >= 0.3 is 0 Å². The van der Waals surface area contributed by atoms with Gasteiger partial charge in [-0.2, -0.15) is 0 Å². The van der Waals surface area contributed by atoms with E-state index in [1.807, 2.05) is 13.0 Å². The molecule has 1 atom stereocenters. The number of nitrogens with zero attached hydrogens (tertiary/aromatic N) is 1. The normalized spacial score (nSPS) is 12.6. The fraction of sp³-hybridized carbons (Fsp3) is 0.389. The predicted molar refractivity (Wildman–Crippen MR) is 84.5 cm³/mol. The molecule has 0 aliphatic heterocycles. The molecule has 0 aliphatic carbocycles. The van der Waals surface area contributed by atoms with E-state index in [4.69, 9.17) is 0 Å². The van der Waals surface area contributed by atoms with Crippen LogP contribution in [0.15, 0.2) is 48.5 Å². The van der Waals surface area contributed by atoms with Crippen molar-refractivity contribution in [1.82, 2.24) is 10.3 Å². The van der Waals surface area contributed by atoms with Crippen molar-refractivity contribution in [2.75, 3.05) is 0 Å². The second-order valence-electron chi connectivity index (χ2n) is 5.74. The molecule has 106 valence electrons. The summed E-state index contributed by atoms with van der Waals surface area (Å²) in [5.74, 6) is 0.665. The first kappa shape index (κ1) is 14.7. The molecule has 0 amide bonds. The number of aryl methyl sites for hydroxylation is 1. The van der Waals surface area contributed by atoms with Crippen molar-refractivity contribution in [3.8, 4) is 0 Å². The summed E-state index contributed by atoms with van der Waals surface area (Å²) in [5.41, 5.74) is 3.54. The Balaban J connectivity index is 2.05. The molecule has 0 spiro atoms. The van der Waals surface area contributed by atoms with Gasteiger partial charge in [0.15, 0.2) is 0 Å². The summed E-state index contributed by atoms with van der Waals surface area (Å²) < 4.78 is 0. The summed E-state index contributed by atoms with van der Waals surface area (Å²) in [6.07, 6.45) is 1.13. The Morgan fingerprint density at radius 1 is 1.00 bits per heavy atom. The standard InChI is InChI=1S/C18H24N2/c1-14(2)12-18(16-9-5-4-6-10-16)19-13-17-11-7-8-15(3)20-17/h4-11,14,18-19H,12-13H2,1-3H3. The van der Waals surface area contributed by atoms with E-state index >= 15 is 0 Å². The summed E-state index contributed by atoms with van der Waals surface area (Å²) >= 11 is 0. The van der Waals surface area contributed by atoms with Gasteiger partial charge in [-0.05, 0) is 37.0 Å². The van der Waals surface area contributed by atoms with Crippen LogP contribution in [0.4, 0.5) is 0 Å². The first-order chi connectivity index (χ1) is 9.65. The van der Waals surface area contributed by atoms with Crippen LogP contribution in [0.25, 0.3) is 0 Å². The van der Waals surface area contributed by atoms with Crippen LogP contribution in [0.3, 0.4) is 0 Å². The maximum atomic E-state index is 4.56. The molecule has 2 aromatic rings. The lowest BCUT2D eigenvalue weighted by molar-refractivity contribution is 0.426. The van der Waals surface area contributed by atoms with Crippen LogP contribution in [-0.4, -0.2) is 4.98 Å². The Morgan fingerprint density at radius 2 is 1.75 bits per heavy atom. The number of nitrogens with one attached hydrogen (secondary N) is 1. The molecule has 1 unspecified atom stereocenters. The third-order valence-electron chi connectivity index (χ3n) is 3.38. The Morgan fingerprint density at radius 3 is 2.40 bits per heavy atom. The highest BCUT2D eigenvalue weighted by Gasteiger charge is 2.12. The summed E-state index contributed by atoms with van der Waals surface area (Å²) in [6.45, 7) is 7.38. The van der Waals surface area contributed by atoms with Crippen molar-refractivity contribution in [3.05, 3.63) is 65.5 Å². The highest BCUT2D eigenvalue weighted by atomic mass is 14.9. The molecular formula is C18H24N2. The molecule has 0 saturated carbocycles. The van der Waals surface area contributed by atoms with E-state index in [1.165, 1.54) is 5.56 Å². The minimum Gasteiger partial charge on any atom is -0.304 e. The topological polar surface area (TPSA) is 24.9 Å². The largest absolute Gasteiger partial charge is 0.304 e. The van der Waals surface area contributed by atoms with Crippen molar-refractivity contribution in [1.29, 1.82) is 0 Å². The lowest BCUT2D eigenvalue weighted by Crippen LogP contribution is -2.23. The Hall–Kier alpha value is -1.67. The molecule has 1 aromatic heterocycles. The van der Waals surface area contributed by atoms with Crippen molar-refractivity contribution in [2.45, 2.75) is 39.8 Å². The van der Waals surface area contributed by atoms with Gasteiger partial charge in [0.2, 0.25) is 0 Å². The minimum absolute atomic E-state index is 0.388. The smallest absolute Gasteiger partial charge is 0.0545 e. The quantitative estimate of drug-likeness (QED) is 0.846. The van der Waals surface area contributed by atoms with E-state index in [9.17, 15) is 0 Å². The predicted octanol–water partition coefficient (Wildman–Crippen LogP) is 4.27. The van der Waals surface area contributed by atoms with Gasteiger partial charge in [-0.3, -0.25) is 4.98 Å². The van der Waals surface area contributed by atoms with Crippen LogP contribution >= 0.6 is 0 Å². The van der Waals surface area contributed by atoms with E-state index < -0.39 is 0 Å². The molecule has 20 heavy (non-hydrogen) atoms. The third-order valence-corrected chi connectivity index (χ3v) is 3.38. The van der Waals surface area contributed by atoms with Crippen LogP contribution < -0.4 is 5.32 Å². The summed E-state index contributed by atoms with van der Waals surface area (Å²) in [6, 6.07) is 17.2. The molecule has 1 heterocycles. The molecule has 1 aromatic carbocycles. The van der Waals surface area contributed by atoms with Gasteiger partial charge in [0, 0.05) is 18.3 Å². The fourth-order valence-electron chi connectivity index (χ4n) is 2.42. The van der Waals surface area contributed by atoms with E-state index in [0.717, 1.165) is 24.4 Å². The lowest BCUT2D eigenvalue weighted by atomic mass is 9.97. The first-order valence-electron chi connectivity index (χ1n) is 7.36. The van der Waals surface area contributed by atoms with Crippen LogP contribution in [0.2, 0.25) is 0 Å². The number of hydrogen-bond donors (Lipinski definition) is 1. The van der Waals surface area contributed by atoms with Gasteiger partial charge in [-0.1, -0.05) is 50.2 Å². The average molecular weight is 268 g/mol. The number of benzene rings is 1. The van der Waals surface area contributed by atoms with Gasteiger partial charge in [-0.25, -0.2) is 0 Å². The maximum Gasteiger partial charge on any atom is 0.0545 e. The molecule has 2 rings (SSSR count). The molecule has 2 nitrogen and oxygen atoms in total. The minimum atomic E-state index is 0.388. The molecule has 0 fully saturated rings. The monoisotopic (exact) mass is 268 g/mol. The van der Waals surface area contributed by atoms with E-state index in [-0.39, 0.29) is 0 Å². The van der Waals surface area contributed by atoms with Gasteiger partial charge in [0.25, 0.3) is 0 Å². The first-order valence-corrected chi connectivity index (χ1v) is 7.36. The lowest BCUT2D eigenvalue weighted by Gasteiger charge is -2.21. The SMILES string of the molecule is Cc1cccc(CNC(CC(C)C)c2ccccc2)n1. The van der Waals surface area contributed by atoms with E-state index in [1.54, 1.807) is 0 Å². The van der Waals surface area contributed by atoms with Gasteiger partial charge in [0.1, 0.15) is 0 Å². The summed E-state index contributed by atoms with van der Waals surface area (Å²) in [5, 5.41) is 3.65. The van der Waals surface area contributed by atoms with Crippen molar-refractivity contribution < 1.29 is 0 Å². The van der Waals surface area contributed by atoms with Crippen molar-refractivity contribution in [3.63, 3.8) is 0 Å². The zero-order chi connectivity index (χ0) is 14.4. The maximum absolute atomic E-state index is 4.56. The Kier molecular flexibility index (Phi) is 5.31. The zero-order valence-electron chi connectivity index (χ0n) is 12.6. The average Bonchev–Trinajstić information content (AvgIpc) is 2.44. The Bertz CT molecular complexity index is 520. The van der Waals surface area contributed by atoms with E-state index in [0.29, 0.717) is 12.0 Å². The molecule has 0 aliphatic rings. The third kappa shape index (κ3) is 4.46. The highest BCUT2D eigenvalue weighted by Crippen LogP contribution is 2.21. The van der Waals surface area contributed by atoms with Crippen molar-refractivity contribution >= 4 is 0 Å². The van der Waals surface area contributed by atoms with E-state index in [2.05, 4.69) is 66.6 Å². The fourth-order valence-corrected chi connectivity index (χ4v) is 2.42. The second-order valence-corrected chi connectivity index (χ2v) is 5.74. The summed E-state index contributed by atoms with van der Waals surface area (Å²) in [4.78, 5) is 4.56. The Labute approximate surface area is 122 Å². The molecule has 2 heteroatoms. The van der Waals surface area contributed by atoms with Gasteiger partial charge in [-0.15, -0.1) is 0 Å². The molecule has 0 saturated heterocycles. The molecule has 1 N–H and O–H groups in total. The van der Waals surface area contributed by atoms with Crippen LogP contribution in [0.1, 0.15) is 43.3 Å². The van der Waals surface area contributed by atoms with Crippen LogP contribution in [0.5, 0.6) is 0 Å². The number of rotatable bonds is 6. The number of pyridine rings is 1. The summed E-state index contributed by atoms with van der Waals surface area (Å²) in [7, 11) is 0. The highest BCUT2D eigenvalue weighted by molar-refractivity contribution is 5.19. The second kappa shape index (κ2) is 7.20. The number of hydrogen-bond acceptors (Lipinski definition) is 2. The zero-order valence-corrected chi connectivity index (χ0v) is 12.6. The number of aromatic nitrogens is 1. The van der Waals surface area contributed by atoms with Crippen LogP contribution in [-0.2, 0) is 6.54 Å². The molecule has 0 radical (unpaired) electrons.